The van der Waals surface area contributed by atoms with Crippen LogP contribution in [0.4, 0.5) is 0 Å². The maximum atomic E-state index is 11.7. The molecular formula is C10H18N2O8PSb. The molecule has 1 saturated heterocycles. The number of phosphoric ester groups is 1. The van der Waals surface area contributed by atoms with Gasteiger partial charge in [-0.3, -0.25) is 18.9 Å². The summed E-state index contributed by atoms with van der Waals surface area (Å²) in [6, 6.07) is 0. The number of aliphatic hydroxyl groups excluding tert-OH is 1. The van der Waals surface area contributed by atoms with Crippen LogP contribution in [0, 0.1) is 6.92 Å². The number of hydrogen-bond acceptors (Lipinski definition) is 6. The van der Waals surface area contributed by atoms with Crippen molar-refractivity contribution >= 4 is 32.3 Å². The van der Waals surface area contributed by atoms with Crippen LogP contribution in [0.25, 0.3) is 0 Å². The number of rotatable bonds is 4. The standard InChI is InChI=1S/C10H15N2O8P.Sb.3H/c1-5-3-12(10(15)11-9(5)14)8-2-6(13)7(20-8)4-19-21(16,17)18;;;;/h3,6-8,13H,2,4H2,1H3,(H,11,14,15)(H2,16,17,18);;;;/t6-,7+,8+;;;;/m0..../s1. The first-order valence-electron chi connectivity index (χ1n) is 6.03. The fourth-order valence-corrected chi connectivity index (χ4v) is 2.35. The van der Waals surface area contributed by atoms with Gasteiger partial charge in [0, 0.05) is 18.2 Å². The molecule has 0 bridgehead atoms. The summed E-state index contributed by atoms with van der Waals surface area (Å²) in [6.45, 7) is 0.994. The van der Waals surface area contributed by atoms with Crippen LogP contribution in [-0.2, 0) is 13.8 Å². The van der Waals surface area contributed by atoms with E-state index in [1.165, 1.54) is 13.1 Å². The average Bonchev–Trinajstić information content (AvgIpc) is 2.72. The van der Waals surface area contributed by atoms with E-state index >= 15 is 0 Å². The molecule has 1 aliphatic rings. The van der Waals surface area contributed by atoms with E-state index in [0.717, 1.165) is 4.57 Å². The van der Waals surface area contributed by atoms with Crippen LogP contribution >= 0.6 is 7.82 Å². The van der Waals surface area contributed by atoms with E-state index in [9.17, 15) is 19.3 Å². The summed E-state index contributed by atoms with van der Waals surface area (Å²) in [5.74, 6) is 0. The zero-order chi connectivity index (χ0) is 15.8. The van der Waals surface area contributed by atoms with Crippen LogP contribution in [0.15, 0.2) is 15.8 Å². The number of H-pyrrole nitrogens is 1. The van der Waals surface area contributed by atoms with E-state index in [1.54, 1.807) is 0 Å². The van der Waals surface area contributed by atoms with E-state index in [4.69, 9.17) is 14.5 Å². The minimum absolute atomic E-state index is 0. The van der Waals surface area contributed by atoms with E-state index in [1.807, 2.05) is 0 Å². The Morgan fingerprint density at radius 3 is 2.73 bits per heavy atom. The number of aryl methyl sites for hydroxylation is 1. The zero-order valence-corrected chi connectivity index (χ0v) is 16.6. The van der Waals surface area contributed by atoms with Gasteiger partial charge in [-0.1, -0.05) is 0 Å². The van der Waals surface area contributed by atoms with Crippen molar-refractivity contribution in [1.29, 1.82) is 0 Å². The predicted molar refractivity (Wildman–Crippen MR) is 78.5 cm³/mol. The molecule has 0 spiro atoms. The monoisotopic (exact) mass is 446 g/mol. The topological polar surface area (TPSA) is 151 Å². The molecule has 2 rings (SSSR count). The molecule has 3 atom stereocenters. The van der Waals surface area contributed by atoms with E-state index in [-0.39, 0.29) is 30.8 Å². The van der Waals surface area contributed by atoms with Crippen LogP contribution in [0.1, 0.15) is 18.2 Å². The molecular weight excluding hydrogens is 429 g/mol. The fourth-order valence-electron chi connectivity index (χ4n) is 2.01. The average molecular weight is 447 g/mol. The zero-order valence-electron chi connectivity index (χ0n) is 11.7. The van der Waals surface area contributed by atoms with Crippen molar-refractivity contribution in [3.05, 3.63) is 32.6 Å². The Kier molecular flexibility index (Phi) is 6.58. The Bertz CT molecular complexity index is 682. The van der Waals surface area contributed by atoms with Crippen molar-refractivity contribution in [3.63, 3.8) is 0 Å². The third kappa shape index (κ3) is 4.76. The molecule has 0 amide bonds. The number of hydrogen-bond donors (Lipinski definition) is 4. The first-order chi connectivity index (χ1) is 9.67. The number of aromatic nitrogens is 2. The van der Waals surface area contributed by atoms with Gasteiger partial charge in [-0.25, -0.2) is 9.36 Å². The first kappa shape index (κ1) is 19.6. The van der Waals surface area contributed by atoms with Gasteiger partial charge in [0.25, 0.3) is 5.56 Å². The van der Waals surface area contributed by atoms with Crippen molar-refractivity contribution in [2.24, 2.45) is 0 Å². The molecule has 22 heavy (non-hydrogen) atoms. The Morgan fingerprint density at radius 2 is 2.14 bits per heavy atom. The number of ether oxygens (including phenoxy) is 1. The van der Waals surface area contributed by atoms with E-state index < -0.39 is 44.1 Å². The minimum atomic E-state index is -4.67. The SMILES string of the molecule is Cc1cn([C@H]2C[C@H](O)[C@@H](COP(=O)(O)O)O2)c(=O)[nH]c1=O.[SbH3]. The molecule has 2 heterocycles. The molecule has 1 fully saturated rings. The molecule has 0 saturated carbocycles. The Balaban J connectivity index is 0.00000242. The van der Waals surface area contributed by atoms with Crippen LogP contribution in [0.3, 0.4) is 0 Å². The first-order valence-corrected chi connectivity index (χ1v) is 7.56. The number of nitrogens with zero attached hydrogens (tertiary/aromatic N) is 1. The summed E-state index contributed by atoms with van der Waals surface area (Å²) < 4.78 is 21.4. The van der Waals surface area contributed by atoms with Gasteiger partial charge in [-0.2, -0.15) is 0 Å². The molecule has 0 aromatic carbocycles. The maximum absolute atomic E-state index is 11.7. The van der Waals surface area contributed by atoms with Crippen molar-refractivity contribution in [2.45, 2.75) is 31.8 Å². The molecule has 0 unspecified atom stereocenters. The van der Waals surface area contributed by atoms with Crippen molar-refractivity contribution in [2.75, 3.05) is 6.61 Å². The summed E-state index contributed by atoms with van der Waals surface area (Å²) in [6.07, 6.45) is -1.57. The third-order valence-corrected chi connectivity index (χ3v) is 3.55. The summed E-state index contributed by atoms with van der Waals surface area (Å²) in [4.78, 5) is 42.3. The Labute approximate surface area is 141 Å². The van der Waals surface area contributed by atoms with Gasteiger partial charge in [0.2, 0.25) is 0 Å². The van der Waals surface area contributed by atoms with Crippen LogP contribution < -0.4 is 11.2 Å². The van der Waals surface area contributed by atoms with Crippen LogP contribution in [0.5, 0.6) is 0 Å². The molecule has 1 aromatic heterocycles. The van der Waals surface area contributed by atoms with Gasteiger partial charge < -0.3 is 19.6 Å². The van der Waals surface area contributed by atoms with Gasteiger partial charge in [-0.15, -0.1) is 0 Å². The summed E-state index contributed by atoms with van der Waals surface area (Å²) in [5, 5.41) is 9.79. The van der Waals surface area contributed by atoms with Gasteiger partial charge >= 0.3 is 37.9 Å². The van der Waals surface area contributed by atoms with Crippen LogP contribution in [-0.4, -0.2) is 67.7 Å². The second-order valence-corrected chi connectivity index (χ2v) is 5.94. The molecule has 10 nitrogen and oxygen atoms in total. The van der Waals surface area contributed by atoms with E-state index in [0.29, 0.717) is 5.56 Å². The molecule has 126 valence electrons. The Morgan fingerprint density at radius 1 is 1.50 bits per heavy atom. The number of nitrogens with one attached hydrogen (secondary N) is 1. The third-order valence-electron chi connectivity index (χ3n) is 3.07. The molecule has 12 heteroatoms. The van der Waals surface area contributed by atoms with Crippen molar-refractivity contribution < 1.29 is 28.7 Å². The normalized spacial score (nSPS) is 25.0. The number of phosphoric acid groups is 1. The van der Waals surface area contributed by atoms with Crippen molar-refractivity contribution in [3.8, 4) is 0 Å². The van der Waals surface area contributed by atoms with Crippen molar-refractivity contribution in [1.82, 2.24) is 9.55 Å². The molecule has 0 radical (unpaired) electrons. The predicted octanol–water partition coefficient (Wildman–Crippen LogP) is -2.58. The summed E-state index contributed by atoms with van der Waals surface area (Å²) in [5.41, 5.74) is -0.918. The van der Waals surface area contributed by atoms with Gasteiger partial charge in [-0.05, 0) is 6.92 Å². The van der Waals surface area contributed by atoms with Gasteiger partial charge in [0.1, 0.15) is 12.3 Å². The van der Waals surface area contributed by atoms with E-state index in [2.05, 4.69) is 9.51 Å². The summed E-state index contributed by atoms with van der Waals surface area (Å²) >= 11 is 0. The quantitative estimate of drug-likeness (QED) is 0.291. The van der Waals surface area contributed by atoms with Gasteiger partial charge in [0.05, 0.1) is 12.7 Å². The molecule has 0 aliphatic carbocycles. The Hall–Kier alpha value is -0.472. The summed E-state index contributed by atoms with van der Waals surface area (Å²) in [7, 11) is -4.67. The molecule has 4 N–H and O–H groups in total. The second kappa shape index (κ2) is 7.40. The fraction of sp³-hybridized carbons (Fsp3) is 0.600. The molecule has 1 aliphatic heterocycles. The number of aliphatic hydroxyl groups is 1. The second-order valence-electron chi connectivity index (χ2n) is 4.70. The van der Waals surface area contributed by atoms with Crippen LogP contribution in [0.2, 0.25) is 0 Å². The number of aromatic amines is 1. The van der Waals surface area contributed by atoms with Gasteiger partial charge in [0.15, 0.2) is 0 Å². The molecule has 1 aromatic rings.